The number of amides is 1. The quantitative estimate of drug-likeness (QED) is 0.636. The lowest BCUT2D eigenvalue weighted by Crippen LogP contribution is -2.19. The van der Waals surface area contributed by atoms with E-state index in [1.54, 1.807) is 24.7 Å². The van der Waals surface area contributed by atoms with Crippen molar-refractivity contribution in [2.45, 2.75) is 0 Å². The van der Waals surface area contributed by atoms with E-state index in [9.17, 15) is 4.79 Å². The Morgan fingerprint density at radius 3 is 2.92 bits per heavy atom. The summed E-state index contributed by atoms with van der Waals surface area (Å²) >= 11 is 0. The second-order valence-corrected chi connectivity index (χ2v) is 2.18. The average Bonchev–Trinajstić information content (AvgIpc) is 2.30. The lowest BCUT2D eigenvalue weighted by Gasteiger charge is -2.04. The molecule has 1 heterocycles. The van der Waals surface area contributed by atoms with Gasteiger partial charge in [-0.2, -0.15) is 0 Å². The number of halogens is 1. The van der Waals surface area contributed by atoms with Gasteiger partial charge in [0, 0.05) is 18.6 Å². The summed E-state index contributed by atoms with van der Waals surface area (Å²) in [6.07, 6.45) is 6.36. The first kappa shape index (κ1) is 11.4. The molecule has 0 radical (unpaired) electrons. The molecule has 0 saturated heterocycles. The third kappa shape index (κ3) is 3.13. The van der Waals surface area contributed by atoms with Gasteiger partial charge in [0.1, 0.15) is 0 Å². The number of hydrogen-bond acceptors (Lipinski definition) is 3. The minimum atomic E-state index is -0.544. The smallest absolute Gasteiger partial charge is 0.250 e. The molecule has 0 aromatic carbocycles. The summed E-state index contributed by atoms with van der Waals surface area (Å²) in [5.74, 6) is -0.544. The Balaban J connectivity index is 0.00000144. The van der Waals surface area contributed by atoms with E-state index in [1.165, 1.54) is 0 Å². The molecule has 0 fully saturated rings. The molecular formula is C8H10ClN3O. The predicted molar refractivity (Wildman–Crippen MR) is 54.4 cm³/mol. The lowest BCUT2D eigenvalue weighted by atomic mass is 10.2. The van der Waals surface area contributed by atoms with E-state index in [4.69, 9.17) is 5.73 Å². The number of nitrogens with zero attached hydrogens (tertiary/aromatic N) is 1. The summed E-state index contributed by atoms with van der Waals surface area (Å²) in [5, 5.41) is 2.82. The molecule has 0 aromatic heterocycles. The van der Waals surface area contributed by atoms with E-state index in [0.717, 1.165) is 0 Å². The molecule has 0 spiro atoms. The second kappa shape index (κ2) is 5.16. The first-order chi connectivity index (χ1) is 5.72. The summed E-state index contributed by atoms with van der Waals surface area (Å²) in [6.45, 7) is 3.52. The first-order valence-corrected chi connectivity index (χ1v) is 3.36. The third-order valence-corrected chi connectivity index (χ3v) is 1.35. The summed E-state index contributed by atoms with van der Waals surface area (Å²) in [7, 11) is 0. The van der Waals surface area contributed by atoms with Gasteiger partial charge in [0.2, 0.25) is 5.91 Å². The Labute approximate surface area is 82.3 Å². The Hall–Kier alpha value is -1.55. The van der Waals surface area contributed by atoms with Gasteiger partial charge >= 0.3 is 0 Å². The van der Waals surface area contributed by atoms with Crippen LogP contribution in [0.25, 0.3) is 0 Å². The monoisotopic (exact) mass is 199 g/mol. The van der Waals surface area contributed by atoms with Crippen molar-refractivity contribution in [3.8, 4) is 0 Å². The Morgan fingerprint density at radius 2 is 2.31 bits per heavy atom. The van der Waals surface area contributed by atoms with E-state index >= 15 is 0 Å². The Bertz CT molecular complexity index is 305. The van der Waals surface area contributed by atoms with Crippen LogP contribution in [0.3, 0.4) is 0 Å². The predicted octanol–water partition coefficient (Wildman–Crippen LogP) is 0.479. The highest BCUT2D eigenvalue weighted by Crippen LogP contribution is 2.03. The van der Waals surface area contributed by atoms with Crippen LogP contribution in [0.2, 0.25) is 0 Å². The number of primary amides is 1. The first-order valence-electron chi connectivity index (χ1n) is 3.36. The summed E-state index contributed by atoms with van der Waals surface area (Å²) < 4.78 is 0. The van der Waals surface area contributed by atoms with Gasteiger partial charge in [0.15, 0.2) is 0 Å². The lowest BCUT2D eigenvalue weighted by molar-refractivity contribution is -0.114. The summed E-state index contributed by atoms with van der Waals surface area (Å²) in [6, 6.07) is 0. The maximum Gasteiger partial charge on any atom is 0.250 e. The molecule has 1 amide bonds. The van der Waals surface area contributed by atoms with Crippen LogP contribution in [0.15, 0.2) is 41.3 Å². The van der Waals surface area contributed by atoms with Crippen molar-refractivity contribution < 1.29 is 4.79 Å². The molecule has 3 N–H and O–H groups in total. The van der Waals surface area contributed by atoms with Crippen molar-refractivity contribution in [3.63, 3.8) is 0 Å². The Kier molecular flexibility index (Phi) is 4.54. The standard InChI is InChI=1S/C8H9N3O.ClH/c1-6(8(9)12)7-2-3-10-4-5-11-7;/h2-5,11H,1H2,(H2,9,12);1H. The number of carbonyl (C=O) groups is 1. The van der Waals surface area contributed by atoms with Crippen LogP contribution in [0.5, 0.6) is 0 Å². The maximum absolute atomic E-state index is 10.7. The van der Waals surface area contributed by atoms with Crippen molar-refractivity contribution in [1.29, 1.82) is 0 Å². The van der Waals surface area contributed by atoms with Crippen LogP contribution in [-0.2, 0) is 4.79 Å². The largest absolute Gasteiger partial charge is 0.366 e. The Morgan fingerprint density at radius 1 is 1.62 bits per heavy atom. The molecule has 0 unspecified atom stereocenters. The number of rotatable bonds is 2. The van der Waals surface area contributed by atoms with Crippen LogP contribution in [0.1, 0.15) is 0 Å². The van der Waals surface area contributed by atoms with Gasteiger partial charge in [0.05, 0.1) is 11.3 Å². The fourth-order valence-electron chi connectivity index (χ4n) is 0.706. The average molecular weight is 200 g/mol. The summed E-state index contributed by atoms with van der Waals surface area (Å²) in [5.41, 5.74) is 5.84. The molecular weight excluding hydrogens is 190 g/mol. The van der Waals surface area contributed by atoms with E-state index in [0.29, 0.717) is 5.70 Å². The van der Waals surface area contributed by atoms with Gasteiger partial charge in [-0.05, 0) is 6.08 Å². The van der Waals surface area contributed by atoms with Gasteiger partial charge in [-0.25, -0.2) is 0 Å². The number of aliphatic imine (C=N–C) groups is 1. The molecule has 0 saturated carbocycles. The summed E-state index contributed by atoms with van der Waals surface area (Å²) in [4.78, 5) is 14.5. The topological polar surface area (TPSA) is 67.5 Å². The fourth-order valence-corrected chi connectivity index (χ4v) is 0.706. The molecule has 5 heteroatoms. The molecule has 0 atom stereocenters. The number of nitrogens with two attached hydrogens (primary N) is 1. The van der Waals surface area contributed by atoms with Gasteiger partial charge in [0.25, 0.3) is 0 Å². The zero-order valence-electron chi connectivity index (χ0n) is 6.86. The molecule has 0 aromatic rings. The number of hydrogen-bond donors (Lipinski definition) is 2. The minimum Gasteiger partial charge on any atom is -0.366 e. The molecule has 70 valence electrons. The number of nitrogens with one attached hydrogen (secondary N) is 1. The van der Waals surface area contributed by atoms with Crippen molar-refractivity contribution in [3.05, 3.63) is 36.3 Å². The normalized spacial score (nSPS) is 13.4. The maximum atomic E-state index is 10.7. The van der Waals surface area contributed by atoms with Crippen molar-refractivity contribution in [1.82, 2.24) is 5.32 Å². The van der Waals surface area contributed by atoms with Crippen LogP contribution >= 0.6 is 12.4 Å². The van der Waals surface area contributed by atoms with E-state index in [1.807, 2.05) is 0 Å². The number of carbonyl (C=O) groups excluding carboxylic acids is 1. The third-order valence-electron chi connectivity index (χ3n) is 1.35. The zero-order chi connectivity index (χ0) is 8.97. The van der Waals surface area contributed by atoms with Gasteiger partial charge in [-0.3, -0.25) is 9.79 Å². The molecule has 1 aliphatic heterocycles. The van der Waals surface area contributed by atoms with Gasteiger partial charge < -0.3 is 11.1 Å². The fraction of sp³-hybridized carbons (Fsp3) is 0. The molecule has 1 aliphatic rings. The van der Waals surface area contributed by atoms with E-state index < -0.39 is 5.91 Å². The van der Waals surface area contributed by atoms with E-state index in [-0.39, 0.29) is 18.0 Å². The van der Waals surface area contributed by atoms with Crippen LogP contribution in [-0.4, -0.2) is 12.1 Å². The SMILES string of the molecule is C=C(C(N)=O)C1=CC=NC=CN1.Cl. The number of allylic oxidation sites excluding steroid dienone is 1. The zero-order valence-corrected chi connectivity index (χ0v) is 7.67. The van der Waals surface area contributed by atoms with Crippen LogP contribution < -0.4 is 11.1 Å². The van der Waals surface area contributed by atoms with Crippen molar-refractivity contribution in [2.24, 2.45) is 10.7 Å². The second-order valence-electron chi connectivity index (χ2n) is 2.18. The van der Waals surface area contributed by atoms with Crippen molar-refractivity contribution in [2.75, 3.05) is 0 Å². The molecule has 1 rings (SSSR count). The highest BCUT2D eigenvalue weighted by Gasteiger charge is 2.06. The van der Waals surface area contributed by atoms with Crippen LogP contribution in [0.4, 0.5) is 0 Å². The highest BCUT2D eigenvalue weighted by atomic mass is 35.5. The molecule has 4 nitrogen and oxygen atoms in total. The molecule has 0 aliphatic carbocycles. The van der Waals surface area contributed by atoms with E-state index in [2.05, 4.69) is 16.9 Å². The highest BCUT2D eigenvalue weighted by molar-refractivity contribution is 5.97. The minimum absolute atomic E-state index is 0. The molecule has 0 bridgehead atoms. The molecule has 13 heavy (non-hydrogen) atoms. The van der Waals surface area contributed by atoms with Crippen molar-refractivity contribution >= 4 is 24.5 Å². The van der Waals surface area contributed by atoms with Gasteiger partial charge in [-0.1, -0.05) is 6.58 Å². The van der Waals surface area contributed by atoms with Crippen LogP contribution in [0, 0.1) is 0 Å². The van der Waals surface area contributed by atoms with Gasteiger partial charge in [-0.15, -0.1) is 12.4 Å².